The fraction of sp³-hybridized carbons (Fsp3) is 0.312. The van der Waals surface area contributed by atoms with Crippen molar-refractivity contribution in [2.24, 2.45) is 0 Å². The average Bonchev–Trinajstić information content (AvgIpc) is 2.63. The van der Waals surface area contributed by atoms with E-state index in [4.69, 9.17) is 9.47 Å². The lowest BCUT2D eigenvalue weighted by molar-refractivity contribution is 0.102. The lowest BCUT2D eigenvalue weighted by atomic mass is 10.2. The molecule has 3 rings (SSSR count). The molecular weight excluding hydrogens is 296 g/mol. The van der Waals surface area contributed by atoms with Gasteiger partial charge in [0, 0.05) is 30.5 Å². The highest BCUT2D eigenvalue weighted by Gasteiger charge is 2.12. The van der Waals surface area contributed by atoms with Crippen molar-refractivity contribution >= 4 is 17.3 Å². The first kappa shape index (κ1) is 15.2. The molecule has 0 radical (unpaired) electrons. The number of carbonyl (C=O) groups excluding carboxylic acids is 1. The number of rotatable bonds is 4. The Morgan fingerprint density at radius 2 is 1.87 bits per heavy atom. The van der Waals surface area contributed by atoms with Gasteiger partial charge in [-0.2, -0.15) is 0 Å². The highest BCUT2D eigenvalue weighted by atomic mass is 16.5. The number of carbonyl (C=O) groups is 1. The fourth-order valence-corrected chi connectivity index (χ4v) is 2.32. The molecule has 0 saturated carbocycles. The zero-order valence-electron chi connectivity index (χ0n) is 12.9. The smallest absolute Gasteiger partial charge is 0.276 e. The molecule has 23 heavy (non-hydrogen) atoms. The topological polar surface area (TPSA) is 76.6 Å². The summed E-state index contributed by atoms with van der Waals surface area (Å²) in [4.78, 5) is 14.4. The van der Waals surface area contributed by atoms with Gasteiger partial charge >= 0.3 is 0 Å². The summed E-state index contributed by atoms with van der Waals surface area (Å²) in [6.07, 6.45) is 0. The van der Waals surface area contributed by atoms with Crippen molar-refractivity contribution in [2.75, 3.05) is 43.6 Å². The number of benzene rings is 1. The van der Waals surface area contributed by atoms with Gasteiger partial charge in [0.1, 0.15) is 0 Å². The van der Waals surface area contributed by atoms with E-state index in [-0.39, 0.29) is 11.6 Å². The lowest BCUT2D eigenvalue weighted by Gasteiger charge is -2.28. The molecule has 1 fully saturated rings. The van der Waals surface area contributed by atoms with Crippen LogP contribution < -0.4 is 15.0 Å². The van der Waals surface area contributed by atoms with Crippen LogP contribution in [0.2, 0.25) is 0 Å². The Hall–Kier alpha value is -2.67. The van der Waals surface area contributed by atoms with E-state index in [1.54, 1.807) is 12.1 Å². The van der Waals surface area contributed by atoms with Gasteiger partial charge in [-0.25, -0.2) is 0 Å². The maximum absolute atomic E-state index is 12.1. The van der Waals surface area contributed by atoms with Crippen molar-refractivity contribution in [3.8, 4) is 5.88 Å². The Balaban J connectivity index is 1.63. The number of aromatic nitrogens is 2. The van der Waals surface area contributed by atoms with Gasteiger partial charge in [0.2, 0.25) is 5.88 Å². The molecule has 1 N–H and O–H groups in total. The van der Waals surface area contributed by atoms with Crippen molar-refractivity contribution in [2.45, 2.75) is 0 Å². The monoisotopic (exact) mass is 314 g/mol. The molecule has 2 heterocycles. The van der Waals surface area contributed by atoms with Crippen LogP contribution >= 0.6 is 0 Å². The largest absolute Gasteiger partial charge is 0.480 e. The van der Waals surface area contributed by atoms with E-state index in [1.807, 2.05) is 24.3 Å². The van der Waals surface area contributed by atoms with Crippen LogP contribution in [0.5, 0.6) is 5.88 Å². The second-order valence-corrected chi connectivity index (χ2v) is 5.06. The molecule has 1 amide bonds. The summed E-state index contributed by atoms with van der Waals surface area (Å²) in [7, 11) is 1.50. The summed E-state index contributed by atoms with van der Waals surface area (Å²) in [5, 5.41) is 10.4. The number of ether oxygens (including phenoxy) is 2. The molecule has 7 nitrogen and oxygen atoms in total. The van der Waals surface area contributed by atoms with Crippen LogP contribution in [-0.4, -0.2) is 49.5 Å². The second-order valence-electron chi connectivity index (χ2n) is 5.06. The van der Waals surface area contributed by atoms with Crippen LogP contribution in [0.3, 0.4) is 0 Å². The fourth-order valence-electron chi connectivity index (χ4n) is 2.32. The first-order valence-corrected chi connectivity index (χ1v) is 7.38. The predicted molar refractivity (Wildman–Crippen MR) is 86.0 cm³/mol. The highest BCUT2D eigenvalue weighted by molar-refractivity contribution is 6.02. The number of anilines is 2. The molecule has 1 aromatic heterocycles. The van der Waals surface area contributed by atoms with Gasteiger partial charge in [0.05, 0.1) is 20.3 Å². The van der Waals surface area contributed by atoms with Gasteiger partial charge in [-0.1, -0.05) is 0 Å². The van der Waals surface area contributed by atoms with Gasteiger partial charge in [0.15, 0.2) is 5.69 Å². The average molecular weight is 314 g/mol. The van der Waals surface area contributed by atoms with Crippen LogP contribution in [0.4, 0.5) is 11.4 Å². The number of methoxy groups -OCH3 is 1. The Morgan fingerprint density at radius 3 is 2.48 bits per heavy atom. The van der Waals surface area contributed by atoms with Crippen molar-refractivity contribution in [3.05, 3.63) is 42.1 Å². The van der Waals surface area contributed by atoms with Crippen molar-refractivity contribution in [1.82, 2.24) is 10.2 Å². The number of nitrogens with zero attached hydrogens (tertiary/aromatic N) is 3. The second kappa shape index (κ2) is 7.06. The van der Waals surface area contributed by atoms with Crippen molar-refractivity contribution in [3.63, 3.8) is 0 Å². The normalized spacial score (nSPS) is 14.4. The summed E-state index contributed by atoms with van der Waals surface area (Å²) in [6, 6.07) is 10.9. The highest BCUT2D eigenvalue weighted by Crippen LogP contribution is 2.19. The molecule has 0 unspecified atom stereocenters. The molecule has 2 aromatic rings. The molecule has 1 aromatic carbocycles. The Kier molecular flexibility index (Phi) is 4.68. The number of morpholine rings is 1. The van der Waals surface area contributed by atoms with Gasteiger partial charge in [-0.15, -0.1) is 10.2 Å². The van der Waals surface area contributed by atoms with E-state index in [0.717, 1.165) is 32.0 Å². The molecule has 0 aliphatic carbocycles. The van der Waals surface area contributed by atoms with E-state index in [1.165, 1.54) is 7.11 Å². The number of hydrogen-bond acceptors (Lipinski definition) is 6. The lowest BCUT2D eigenvalue weighted by Crippen LogP contribution is -2.36. The summed E-state index contributed by atoms with van der Waals surface area (Å²) < 4.78 is 10.3. The first-order chi connectivity index (χ1) is 11.3. The number of nitrogens with one attached hydrogen (secondary N) is 1. The molecular formula is C16H18N4O3. The van der Waals surface area contributed by atoms with Crippen LogP contribution in [0.1, 0.15) is 10.5 Å². The third-order valence-corrected chi connectivity index (χ3v) is 3.58. The minimum absolute atomic E-state index is 0.239. The van der Waals surface area contributed by atoms with Crippen molar-refractivity contribution < 1.29 is 14.3 Å². The number of amides is 1. The minimum atomic E-state index is -0.306. The predicted octanol–water partition coefficient (Wildman–Crippen LogP) is 1.57. The van der Waals surface area contributed by atoms with E-state index in [0.29, 0.717) is 11.6 Å². The molecule has 0 atom stereocenters. The van der Waals surface area contributed by atoms with Crippen LogP contribution in [0.25, 0.3) is 0 Å². The van der Waals surface area contributed by atoms with Crippen LogP contribution in [-0.2, 0) is 4.74 Å². The van der Waals surface area contributed by atoms with Gasteiger partial charge in [-0.3, -0.25) is 4.79 Å². The van der Waals surface area contributed by atoms with Crippen LogP contribution in [0, 0.1) is 0 Å². The quantitative estimate of drug-likeness (QED) is 0.923. The maximum atomic E-state index is 12.1. The maximum Gasteiger partial charge on any atom is 0.276 e. The SMILES string of the molecule is COc1ccc(C(=O)Nc2ccc(N3CCOCC3)cc2)nn1. The third-order valence-electron chi connectivity index (χ3n) is 3.58. The molecule has 0 spiro atoms. The molecule has 7 heteroatoms. The summed E-state index contributed by atoms with van der Waals surface area (Å²) in [5.74, 6) is 0.0655. The summed E-state index contributed by atoms with van der Waals surface area (Å²) in [6.45, 7) is 3.25. The molecule has 1 saturated heterocycles. The van der Waals surface area contributed by atoms with E-state index in [9.17, 15) is 4.79 Å². The standard InChI is InChI=1S/C16H18N4O3/c1-22-15-7-6-14(18-19-15)16(21)17-12-2-4-13(5-3-12)20-8-10-23-11-9-20/h2-7H,8-11H2,1H3,(H,17,21). The van der Waals surface area contributed by atoms with E-state index < -0.39 is 0 Å². The summed E-state index contributed by atoms with van der Waals surface area (Å²) >= 11 is 0. The van der Waals surface area contributed by atoms with Crippen molar-refractivity contribution in [1.29, 1.82) is 0 Å². The Labute approximate surface area is 134 Å². The number of hydrogen-bond donors (Lipinski definition) is 1. The molecule has 0 bridgehead atoms. The molecule has 1 aliphatic rings. The third kappa shape index (κ3) is 3.75. The minimum Gasteiger partial charge on any atom is -0.480 e. The summed E-state index contributed by atoms with van der Waals surface area (Å²) in [5.41, 5.74) is 2.07. The molecule has 120 valence electrons. The van der Waals surface area contributed by atoms with Gasteiger partial charge < -0.3 is 19.7 Å². The zero-order valence-corrected chi connectivity index (χ0v) is 12.9. The van der Waals surface area contributed by atoms with Crippen LogP contribution in [0.15, 0.2) is 36.4 Å². The van der Waals surface area contributed by atoms with Gasteiger partial charge in [-0.05, 0) is 30.3 Å². The first-order valence-electron chi connectivity index (χ1n) is 7.38. The molecule has 1 aliphatic heterocycles. The van der Waals surface area contributed by atoms with E-state index >= 15 is 0 Å². The zero-order chi connectivity index (χ0) is 16.1. The van der Waals surface area contributed by atoms with E-state index in [2.05, 4.69) is 20.4 Å². The Bertz CT molecular complexity index is 652. The Morgan fingerprint density at radius 1 is 1.13 bits per heavy atom. The van der Waals surface area contributed by atoms with Gasteiger partial charge in [0.25, 0.3) is 5.91 Å².